The first-order chi connectivity index (χ1) is 11.2. The second-order valence-electron chi connectivity index (χ2n) is 7.11. The topological polar surface area (TPSA) is 95.0 Å². The number of hydrogen-bond acceptors (Lipinski definition) is 4. The van der Waals surface area contributed by atoms with Crippen molar-refractivity contribution in [3.05, 3.63) is 0 Å². The highest BCUT2D eigenvalue weighted by Crippen LogP contribution is 2.29. The van der Waals surface area contributed by atoms with Gasteiger partial charge in [0.15, 0.2) is 0 Å². The molecule has 2 aliphatic rings. The number of hydrogen-bond donors (Lipinski definition) is 1. The molecular formula is C16H28N2O5S. The highest BCUT2D eigenvalue weighted by Gasteiger charge is 2.39. The number of rotatable bonds is 6. The summed E-state index contributed by atoms with van der Waals surface area (Å²) in [7, 11) is -3.75. The summed E-state index contributed by atoms with van der Waals surface area (Å²) in [5.74, 6) is -1.06. The van der Waals surface area contributed by atoms with Gasteiger partial charge in [0, 0.05) is 25.0 Å². The van der Waals surface area contributed by atoms with Gasteiger partial charge in [-0.3, -0.25) is 9.59 Å². The second kappa shape index (κ2) is 7.82. The molecule has 0 spiro atoms. The van der Waals surface area contributed by atoms with Crippen LogP contribution < -0.4 is 0 Å². The maximum Gasteiger partial charge on any atom is 0.318 e. The van der Waals surface area contributed by atoms with Crippen molar-refractivity contribution in [3.8, 4) is 0 Å². The van der Waals surface area contributed by atoms with Gasteiger partial charge in [0.05, 0.1) is 5.25 Å². The summed E-state index contributed by atoms with van der Waals surface area (Å²) in [5.41, 5.74) is 0. The van der Waals surface area contributed by atoms with E-state index in [0.29, 0.717) is 19.4 Å². The van der Waals surface area contributed by atoms with E-state index in [-0.39, 0.29) is 18.4 Å². The van der Waals surface area contributed by atoms with Crippen molar-refractivity contribution < 1.29 is 23.1 Å². The molecule has 7 nitrogen and oxygen atoms in total. The van der Waals surface area contributed by atoms with Crippen molar-refractivity contribution in [1.29, 1.82) is 0 Å². The zero-order valence-corrected chi connectivity index (χ0v) is 15.3. The highest BCUT2D eigenvalue weighted by molar-refractivity contribution is 7.89. The van der Waals surface area contributed by atoms with Gasteiger partial charge in [0.2, 0.25) is 15.9 Å². The van der Waals surface area contributed by atoms with E-state index < -0.39 is 33.8 Å². The summed E-state index contributed by atoms with van der Waals surface area (Å²) in [6.45, 7) is 3.59. The van der Waals surface area contributed by atoms with Gasteiger partial charge in [0.1, 0.15) is 6.54 Å². The number of aliphatic carboxylic acids is 1. The first-order valence-corrected chi connectivity index (χ1v) is 10.2. The third-order valence-corrected chi connectivity index (χ3v) is 7.44. The fourth-order valence-corrected chi connectivity index (χ4v) is 5.80. The maximum absolute atomic E-state index is 12.9. The van der Waals surface area contributed by atoms with Gasteiger partial charge in [-0.05, 0) is 39.5 Å². The van der Waals surface area contributed by atoms with E-state index in [0.717, 1.165) is 30.0 Å². The molecule has 2 fully saturated rings. The van der Waals surface area contributed by atoms with Gasteiger partial charge in [-0.2, -0.15) is 4.31 Å². The van der Waals surface area contributed by atoms with Crippen LogP contribution >= 0.6 is 0 Å². The molecule has 0 aromatic heterocycles. The molecule has 138 valence electrons. The Balaban J connectivity index is 2.11. The minimum atomic E-state index is -3.75. The van der Waals surface area contributed by atoms with Crippen molar-refractivity contribution >= 4 is 21.9 Å². The third kappa shape index (κ3) is 4.27. The predicted molar refractivity (Wildman–Crippen MR) is 90.0 cm³/mol. The van der Waals surface area contributed by atoms with Crippen molar-refractivity contribution in [2.24, 2.45) is 5.92 Å². The van der Waals surface area contributed by atoms with Crippen molar-refractivity contribution in [3.63, 3.8) is 0 Å². The molecule has 1 aliphatic heterocycles. The Labute approximate surface area is 144 Å². The Morgan fingerprint density at radius 1 is 1.17 bits per heavy atom. The standard InChI is InChI=1S/C16H28N2O5S/c1-12(2)18(11-15(19)20)24(22,23)14-8-5-9-17(10-14)16(21)13-6-3-4-7-13/h12-14H,3-11H2,1-2H3,(H,19,20). The van der Waals surface area contributed by atoms with Gasteiger partial charge < -0.3 is 10.0 Å². The van der Waals surface area contributed by atoms with Crippen molar-refractivity contribution in [2.45, 2.75) is 63.7 Å². The van der Waals surface area contributed by atoms with E-state index in [2.05, 4.69) is 0 Å². The van der Waals surface area contributed by atoms with Crippen LogP contribution in [0.5, 0.6) is 0 Å². The number of carbonyl (C=O) groups is 2. The molecule has 1 atom stereocenters. The molecule has 1 saturated carbocycles. The molecule has 0 bridgehead atoms. The van der Waals surface area contributed by atoms with E-state index >= 15 is 0 Å². The van der Waals surface area contributed by atoms with Crippen LogP contribution in [0.2, 0.25) is 0 Å². The van der Waals surface area contributed by atoms with Gasteiger partial charge >= 0.3 is 5.97 Å². The van der Waals surface area contributed by atoms with Crippen LogP contribution in [0.4, 0.5) is 0 Å². The molecule has 1 N–H and O–H groups in total. The Bertz CT molecular complexity index is 569. The lowest BCUT2D eigenvalue weighted by atomic mass is 10.0. The van der Waals surface area contributed by atoms with Crippen LogP contribution in [-0.2, 0) is 19.6 Å². The van der Waals surface area contributed by atoms with E-state index in [1.807, 2.05) is 0 Å². The molecule has 1 saturated heterocycles. The molecule has 1 aliphatic carbocycles. The molecule has 1 heterocycles. The fraction of sp³-hybridized carbons (Fsp3) is 0.875. The highest BCUT2D eigenvalue weighted by atomic mass is 32.2. The predicted octanol–water partition coefficient (Wildman–Crippen LogP) is 1.29. The Morgan fingerprint density at radius 2 is 1.79 bits per heavy atom. The molecule has 2 rings (SSSR count). The summed E-state index contributed by atoms with van der Waals surface area (Å²) < 4.78 is 26.8. The summed E-state index contributed by atoms with van der Waals surface area (Å²) >= 11 is 0. The first-order valence-electron chi connectivity index (χ1n) is 8.74. The van der Waals surface area contributed by atoms with E-state index in [9.17, 15) is 18.0 Å². The Hall–Kier alpha value is -1.15. The van der Waals surface area contributed by atoms with E-state index in [1.54, 1.807) is 18.7 Å². The quantitative estimate of drug-likeness (QED) is 0.770. The second-order valence-corrected chi connectivity index (χ2v) is 9.27. The molecule has 0 radical (unpaired) electrons. The number of sulfonamides is 1. The lowest BCUT2D eigenvalue weighted by molar-refractivity contribution is -0.138. The Kier molecular flexibility index (Phi) is 6.25. The molecule has 8 heteroatoms. The largest absolute Gasteiger partial charge is 0.480 e. The minimum absolute atomic E-state index is 0.0340. The third-order valence-electron chi connectivity index (χ3n) is 5.01. The number of carbonyl (C=O) groups excluding carboxylic acids is 1. The molecule has 24 heavy (non-hydrogen) atoms. The van der Waals surface area contributed by atoms with Crippen LogP contribution in [-0.4, -0.2) is 65.5 Å². The van der Waals surface area contributed by atoms with Crippen LogP contribution in [0.1, 0.15) is 52.4 Å². The monoisotopic (exact) mass is 360 g/mol. The summed E-state index contributed by atoms with van der Waals surface area (Å²) in [5, 5.41) is 8.30. The molecule has 0 aromatic carbocycles. The average Bonchev–Trinajstić information content (AvgIpc) is 3.06. The van der Waals surface area contributed by atoms with E-state index in [4.69, 9.17) is 5.11 Å². The lowest BCUT2D eigenvalue weighted by Crippen LogP contribution is -2.52. The molecule has 1 amide bonds. The smallest absolute Gasteiger partial charge is 0.318 e. The summed E-state index contributed by atoms with van der Waals surface area (Å²) in [6.07, 6.45) is 5.02. The SMILES string of the molecule is CC(C)N(CC(=O)O)S(=O)(=O)C1CCCN(C(=O)C2CCCC2)C1. The van der Waals surface area contributed by atoms with Crippen molar-refractivity contribution in [2.75, 3.05) is 19.6 Å². The maximum atomic E-state index is 12.9. The van der Waals surface area contributed by atoms with Crippen LogP contribution in [0.25, 0.3) is 0 Å². The summed E-state index contributed by atoms with van der Waals surface area (Å²) in [4.78, 5) is 25.3. The average molecular weight is 360 g/mol. The Morgan fingerprint density at radius 3 is 2.33 bits per heavy atom. The van der Waals surface area contributed by atoms with Crippen LogP contribution in [0.15, 0.2) is 0 Å². The normalized spacial score (nSPS) is 23.2. The zero-order valence-electron chi connectivity index (χ0n) is 14.5. The van der Waals surface area contributed by atoms with Gasteiger partial charge in [-0.25, -0.2) is 8.42 Å². The first kappa shape index (κ1) is 19.2. The number of piperidine rings is 1. The fourth-order valence-electron chi connectivity index (χ4n) is 3.70. The number of nitrogens with zero attached hydrogens (tertiary/aromatic N) is 2. The van der Waals surface area contributed by atoms with E-state index in [1.165, 1.54) is 0 Å². The number of carboxylic acid groups (broad SMARTS) is 1. The lowest BCUT2D eigenvalue weighted by Gasteiger charge is -2.37. The molecular weight excluding hydrogens is 332 g/mol. The number of likely N-dealkylation sites (tertiary alicyclic amines) is 1. The molecule has 1 unspecified atom stereocenters. The van der Waals surface area contributed by atoms with Crippen LogP contribution in [0.3, 0.4) is 0 Å². The minimum Gasteiger partial charge on any atom is -0.480 e. The van der Waals surface area contributed by atoms with Crippen LogP contribution in [0, 0.1) is 5.92 Å². The summed E-state index contributed by atoms with van der Waals surface area (Å²) in [6, 6.07) is -0.424. The number of amides is 1. The number of carboxylic acids is 1. The molecule has 0 aromatic rings. The van der Waals surface area contributed by atoms with Gasteiger partial charge in [0.25, 0.3) is 0 Å². The van der Waals surface area contributed by atoms with Gasteiger partial charge in [-0.1, -0.05) is 12.8 Å². The van der Waals surface area contributed by atoms with Crippen molar-refractivity contribution in [1.82, 2.24) is 9.21 Å². The van der Waals surface area contributed by atoms with Gasteiger partial charge in [-0.15, -0.1) is 0 Å². The zero-order chi connectivity index (χ0) is 17.9.